The molecule has 0 spiro atoms. The predicted molar refractivity (Wildman–Crippen MR) is 50.8 cm³/mol. The van der Waals surface area contributed by atoms with Crippen molar-refractivity contribution in [2.24, 2.45) is 0 Å². The lowest BCUT2D eigenvalue weighted by Gasteiger charge is -2.17. The largest absolute Gasteiger partial charge is 0.420 e. The predicted octanol–water partition coefficient (Wildman–Crippen LogP) is 2.28. The molecule has 0 N–H and O–H groups in total. The lowest BCUT2D eigenvalue weighted by molar-refractivity contribution is 0.403. The number of hydrogen-bond donors (Lipinski definition) is 0. The van der Waals surface area contributed by atoms with Crippen molar-refractivity contribution in [2.45, 2.75) is 32.5 Å². The zero-order valence-electron chi connectivity index (χ0n) is 8.22. The minimum absolute atomic E-state index is 1.18. The zero-order chi connectivity index (χ0) is 10.0. The molecule has 0 amide bonds. The summed E-state index contributed by atoms with van der Waals surface area (Å²) in [6, 6.07) is 3.75. The Bertz CT molecular complexity index is 166. The highest BCUT2D eigenvalue weighted by Crippen LogP contribution is 2.10. The third-order valence-electron chi connectivity index (χ3n) is 1.45. The molecule has 0 aromatic rings. The SMILES string of the molecule is CCC[Si](C)(C)OC.N#CC#N. The topological polar surface area (TPSA) is 56.8 Å². The summed E-state index contributed by atoms with van der Waals surface area (Å²) in [4.78, 5) is 0. The molecule has 0 bridgehead atoms. The van der Waals surface area contributed by atoms with E-state index < -0.39 is 8.32 Å². The molecule has 0 aromatic carbocycles. The molecule has 0 aliphatic rings. The molecular weight excluding hydrogens is 168 g/mol. The standard InChI is InChI=1S/C6H16OSi.C2N2/c1-5-6-8(3,4)7-2;3-1-2-4/h5-6H2,1-4H3;. The van der Waals surface area contributed by atoms with Gasteiger partial charge in [-0.3, -0.25) is 0 Å². The Morgan fingerprint density at radius 2 is 1.67 bits per heavy atom. The third-order valence-corrected chi connectivity index (χ3v) is 4.26. The summed E-state index contributed by atoms with van der Waals surface area (Å²) < 4.78 is 5.32. The normalized spacial score (nSPS) is 8.83. The van der Waals surface area contributed by atoms with Gasteiger partial charge in [0, 0.05) is 7.11 Å². The first kappa shape index (κ1) is 13.7. The number of nitrogens with zero attached hydrogens (tertiary/aromatic N) is 2. The maximum absolute atomic E-state index is 7.26. The van der Waals surface area contributed by atoms with Crippen molar-refractivity contribution in [2.75, 3.05) is 7.11 Å². The van der Waals surface area contributed by atoms with E-state index >= 15 is 0 Å². The van der Waals surface area contributed by atoms with Crippen LogP contribution in [0.15, 0.2) is 0 Å². The average molecular weight is 184 g/mol. The Balaban J connectivity index is 0. The van der Waals surface area contributed by atoms with E-state index in [2.05, 4.69) is 20.0 Å². The van der Waals surface area contributed by atoms with E-state index in [9.17, 15) is 0 Å². The highest BCUT2D eigenvalue weighted by molar-refractivity contribution is 6.71. The first-order valence-corrected chi connectivity index (χ1v) is 6.99. The Morgan fingerprint density at radius 3 is 1.75 bits per heavy atom. The quantitative estimate of drug-likeness (QED) is 0.632. The summed E-state index contributed by atoms with van der Waals surface area (Å²) in [7, 11) is 0.644. The van der Waals surface area contributed by atoms with Crippen LogP contribution in [0.3, 0.4) is 0 Å². The second-order valence-electron chi connectivity index (χ2n) is 2.94. The van der Waals surface area contributed by atoms with Crippen LogP contribution in [-0.4, -0.2) is 15.4 Å². The van der Waals surface area contributed by atoms with Crippen LogP contribution in [-0.2, 0) is 4.43 Å². The van der Waals surface area contributed by atoms with Crippen molar-refractivity contribution in [1.29, 1.82) is 10.5 Å². The van der Waals surface area contributed by atoms with E-state index in [1.54, 1.807) is 0 Å². The molecule has 0 rings (SSSR count). The molecule has 0 atom stereocenters. The minimum Gasteiger partial charge on any atom is -0.420 e. The fourth-order valence-electron chi connectivity index (χ4n) is 0.704. The van der Waals surface area contributed by atoms with E-state index in [0.29, 0.717) is 0 Å². The monoisotopic (exact) mass is 184 g/mol. The molecule has 0 unspecified atom stereocenters. The van der Waals surface area contributed by atoms with Crippen molar-refractivity contribution in [3.8, 4) is 12.1 Å². The van der Waals surface area contributed by atoms with Crippen LogP contribution in [0.5, 0.6) is 0 Å². The van der Waals surface area contributed by atoms with E-state index in [1.165, 1.54) is 24.6 Å². The molecule has 0 heterocycles. The first-order chi connectivity index (χ1) is 5.54. The number of hydrogen-bond acceptors (Lipinski definition) is 3. The number of rotatable bonds is 3. The van der Waals surface area contributed by atoms with Gasteiger partial charge in [0.1, 0.15) is 0 Å². The molecule has 0 saturated heterocycles. The Hall–Kier alpha value is -0.843. The Labute approximate surface area is 75.7 Å². The van der Waals surface area contributed by atoms with E-state index in [1.807, 2.05) is 7.11 Å². The van der Waals surface area contributed by atoms with Crippen LogP contribution in [0.25, 0.3) is 0 Å². The first-order valence-electron chi connectivity index (χ1n) is 3.87. The van der Waals surface area contributed by atoms with Gasteiger partial charge in [0.15, 0.2) is 20.5 Å². The molecular formula is C8H16N2OSi. The van der Waals surface area contributed by atoms with Crippen LogP contribution < -0.4 is 0 Å². The molecule has 0 radical (unpaired) electrons. The van der Waals surface area contributed by atoms with Gasteiger partial charge in [0.25, 0.3) is 0 Å². The lowest BCUT2D eigenvalue weighted by Crippen LogP contribution is -2.27. The smallest absolute Gasteiger partial charge is 0.186 e. The summed E-state index contributed by atoms with van der Waals surface area (Å²) >= 11 is 0. The van der Waals surface area contributed by atoms with Crippen molar-refractivity contribution in [1.82, 2.24) is 0 Å². The Kier molecular flexibility index (Phi) is 9.44. The second-order valence-corrected chi connectivity index (χ2v) is 7.37. The summed E-state index contributed by atoms with van der Waals surface area (Å²) in [5.41, 5.74) is 0. The molecule has 0 aliphatic heterocycles. The van der Waals surface area contributed by atoms with Crippen molar-refractivity contribution < 1.29 is 4.43 Å². The molecule has 3 nitrogen and oxygen atoms in total. The van der Waals surface area contributed by atoms with Gasteiger partial charge in [0.2, 0.25) is 0 Å². The molecule has 0 fully saturated rings. The zero-order valence-corrected chi connectivity index (χ0v) is 9.22. The lowest BCUT2D eigenvalue weighted by atomic mass is 10.6. The maximum atomic E-state index is 7.26. The van der Waals surface area contributed by atoms with Gasteiger partial charge >= 0.3 is 0 Å². The van der Waals surface area contributed by atoms with Crippen molar-refractivity contribution >= 4 is 8.32 Å². The summed E-state index contributed by atoms with van der Waals surface area (Å²) in [5, 5.41) is 14.5. The molecule has 12 heavy (non-hydrogen) atoms. The molecule has 0 saturated carbocycles. The van der Waals surface area contributed by atoms with Gasteiger partial charge < -0.3 is 4.43 Å². The second kappa shape index (κ2) is 8.26. The van der Waals surface area contributed by atoms with Crippen LogP contribution in [0.1, 0.15) is 13.3 Å². The van der Waals surface area contributed by atoms with Crippen molar-refractivity contribution in [3.05, 3.63) is 0 Å². The van der Waals surface area contributed by atoms with E-state index in [4.69, 9.17) is 14.9 Å². The average Bonchev–Trinajstić information content (AvgIpc) is 2.05. The van der Waals surface area contributed by atoms with Crippen molar-refractivity contribution in [3.63, 3.8) is 0 Å². The van der Waals surface area contributed by atoms with Gasteiger partial charge in [-0.1, -0.05) is 13.3 Å². The highest BCUT2D eigenvalue weighted by Gasteiger charge is 2.17. The summed E-state index contributed by atoms with van der Waals surface area (Å²) in [6.45, 7) is 6.70. The third kappa shape index (κ3) is 11.9. The van der Waals surface area contributed by atoms with Crippen LogP contribution >= 0.6 is 0 Å². The fraction of sp³-hybridized carbons (Fsp3) is 0.750. The van der Waals surface area contributed by atoms with E-state index in [-0.39, 0.29) is 0 Å². The van der Waals surface area contributed by atoms with Crippen LogP contribution in [0.4, 0.5) is 0 Å². The summed E-state index contributed by atoms with van der Waals surface area (Å²) in [5.74, 6) is 0. The maximum Gasteiger partial charge on any atom is 0.186 e. The summed E-state index contributed by atoms with van der Waals surface area (Å²) in [6.07, 6.45) is 1.26. The molecule has 0 aromatic heterocycles. The van der Waals surface area contributed by atoms with Gasteiger partial charge in [-0.15, -0.1) is 0 Å². The molecule has 68 valence electrons. The Morgan fingerprint density at radius 1 is 1.25 bits per heavy atom. The van der Waals surface area contributed by atoms with Gasteiger partial charge in [-0.25, -0.2) is 0 Å². The van der Waals surface area contributed by atoms with Gasteiger partial charge in [-0.2, -0.15) is 10.5 Å². The highest BCUT2D eigenvalue weighted by atomic mass is 28.4. The number of nitriles is 2. The molecule has 0 aliphatic carbocycles. The van der Waals surface area contributed by atoms with Crippen LogP contribution in [0, 0.1) is 22.7 Å². The van der Waals surface area contributed by atoms with Gasteiger partial charge in [-0.05, 0) is 19.1 Å². The van der Waals surface area contributed by atoms with Crippen LogP contribution in [0.2, 0.25) is 19.1 Å². The van der Waals surface area contributed by atoms with E-state index in [0.717, 1.165) is 0 Å². The minimum atomic E-state index is -1.18. The fourth-order valence-corrected chi connectivity index (χ4v) is 2.11. The van der Waals surface area contributed by atoms with Gasteiger partial charge in [0.05, 0.1) is 0 Å². The molecule has 4 heteroatoms.